The van der Waals surface area contributed by atoms with Gasteiger partial charge in [-0.3, -0.25) is 0 Å². The molecule has 94 valence electrons. The van der Waals surface area contributed by atoms with Crippen LogP contribution in [-0.4, -0.2) is 0 Å². The minimum atomic E-state index is -0.299. The van der Waals surface area contributed by atoms with Gasteiger partial charge >= 0.3 is 0 Å². The lowest BCUT2D eigenvalue weighted by atomic mass is 9.94. The van der Waals surface area contributed by atoms with Gasteiger partial charge in [0.25, 0.3) is 0 Å². The number of rotatable bonds is 2. The summed E-state index contributed by atoms with van der Waals surface area (Å²) in [6, 6.07) is 11.3. The first kappa shape index (κ1) is 13.4. The summed E-state index contributed by atoms with van der Waals surface area (Å²) in [6.07, 6.45) is 0. The van der Waals surface area contributed by atoms with E-state index in [1.807, 2.05) is 37.3 Å². The molecule has 0 saturated carbocycles. The molecule has 0 radical (unpaired) electrons. The van der Waals surface area contributed by atoms with E-state index in [0.29, 0.717) is 10.0 Å². The third kappa shape index (κ3) is 2.54. The zero-order chi connectivity index (χ0) is 13.3. The van der Waals surface area contributed by atoms with E-state index in [1.165, 1.54) is 5.56 Å². The Labute approximate surface area is 118 Å². The maximum Gasteiger partial charge on any atom is 0.0583 e. The Morgan fingerprint density at radius 1 is 1.00 bits per heavy atom. The van der Waals surface area contributed by atoms with Crippen molar-refractivity contribution in [1.29, 1.82) is 0 Å². The van der Waals surface area contributed by atoms with E-state index in [-0.39, 0.29) is 6.04 Å². The Hall–Kier alpha value is -1.02. The van der Waals surface area contributed by atoms with Crippen LogP contribution >= 0.6 is 23.2 Å². The van der Waals surface area contributed by atoms with Crippen LogP contribution < -0.4 is 5.73 Å². The van der Waals surface area contributed by atoms with Crippen molar-refractivity contribution in [3.63, 3.8) is 0 Å². The third-order valence-corrected chi connectivity index (χ3v) is 3.73. The first-order valence-corrected chi connectivity index (χ1v) is 6.53. The predicted molar refractivity (Wildman–Crippen MR) is 78.4 cm³/mol. The fourth-order valence-corrected chi connectivity index (χ4v) is 2.77. The van der Waals surface area contributed by atoms with E-state index in [4.69, 9.17) is 28.9 Å². The molecule has 2 aromatic carbocycles. The van der Waals surface area contributed by atoms with Crippen molar-refractivity contribution < 1.29 is 0 Å². The highest BCUT2D eigenvalue weighted by molar-refractivity contribution is 6.36. The van der Waals surface area contributed by atoms with E-state index >= 15 is 0 Å². The molecule has 0 saturated heterocycles. The summed E-state index contributed by atoms with van der Waals surface area (Å²) in [5, 5.41) is 1.21. The number of nitrogens with two attached hydrogens (primary N) is 1. The van der Waals surface area contributed by atoms with Gasteiger partial charge in [0.1, 0.15) is 0 Å². The second-order valence-electron chi connectivity index (χ2n) is 4.47. The molecule has 0 heterocycles. The van der Waals surface area contributed by atoms with Crippen LogP contribution in [0.15, 0.2) is 36.4 Å². The molecule has 0 aliphatic rings. The van der Waals surface area contributed by atoms with Crippen molar-refractivity contribution >= 4 is 23.2 Å². The topological polar surface area (TPSA) is 26.0 Å². The second kappa shape index (κ2) is 5.31. The van der Waals surface area contributed by atoms with Crippen molar-refractivity contribution in [2.45, 2.75) is 19.9 Å². The first-order chi connectivity index (χ1) is 8.50. The summed E-state index contributed by atoms with van der Waals surface area (Å²) < 4.78 is 0. The largest absolute Gasteiger partial charge is 0.320 e. The summed E-state index contributed by atoms with van der Waals surface area (Å²) >= 11 is 12.4. The van der Waals surface area contributed by atoms with Gasteiger partial charge in [-0.1, -0.05) is 53.0 Å². The van der Waals surface area contributed by atoms with Gasteiger partial charge in [0.05, 0.1) is 6.04 Å². The van der Waals surface area contributed by atoms with Crippen molar-refractivity contribution in [2.24, 2.45) is 5.73 Å². The zero-order valence-corrected chi connectivity index (χ0v) is 11.9. The standard InChI is InChI=1S/C15H15Cl2N/c1-9-6-7-11(10(2)8-9)15(18)14-12(16)4-3-5-13(14)17/h3-8,15H,18H2,1-2H3. The highest BCUT2D eigenvalue weighted by Gasteiger charge is 2.17. The van der Waals surface area contributed by atoms with Crippen LogP contribution in [0.1, 0.15) is 28.3 Å². The maximum absolute atomic E-state index is 6.30. The summed E-state index contributed by atoms with van der Waals surface area (Å²) in [5.41, 5.74) is 10.5. The number of benzene rings is 2. The van der Waals surface area contributed by atoms with Crippen LogP contribution in [0, 0.1) is 13.8 Å². The number of hydrogen-bond acceptors (Lipinski definition) is 1. The molecular weight excluding hydrogens is 265 g/mol. The van der Waals surface area contributed by atoms with Gasteiger partial charge < -0.3 is 5.73 Å². The van der Waals surface area contributed by atoms with Gasteiger partial charge in [0.15, 0.2) is 0 Å². The Morgan fingerprint density at radius 3 is 2.17 bits per heavy atom. The number of aryl methyl sites for hydroxylation is 2. The summed E-state index contributed by atoms with van der Waals surface area (Å²) in [6.45, 7) is 4.11. The molecule has 18 heavy (non-hydrogen) atoms. The van der Waals surface area contributed by atoms with Gasteiger partial charge in [-0.2, -0.15) is 0 Å². The Kier molecular flexibility index (Phi) is 3.96. The monoisotopic (exact) mass is 279 g/mol. The van der Waals surface area contributed by atoms with Crippen molar-refractivity contribution in [2.75, 3.05) is 0 Å². The van der Waals surface area contributed by atoms with E-state index < -0.39 is 0 Å². The van der Waals surface area contributed by atoms with Gasteiger partial charge in [0, 0.05) is 15.6 Å². The zero-order valence-electron chi connectivity index (χ0n) is 10.4. The van der Waals surface area contributed by atoms with Crippen LogP contribution in [0.5, 0.6) is 0 Å². The van der Waals surface area contributed by atoms with Gasteiger partial charge in [0.2, 0.25) is 0 Å². The molecule has 0 bridgehead atoms. The van der Waals surface area contributed by atoms with Crippen molar-refractivity contribution in [3.05, 3.63) is 68.7 Å². The highest BCUT2D eigenvalue weighted by Crippen LogP contribution is 2.33. The molecule has 0 fully saturated rings. The minimum absolute atomic E-state index is 0.299. The van der Waals surface area contributed by atoms with Gasteiger partial charge in [-0.05, 0) is 37.1 Å². The molecular formula is C15H15Cl2N. The average Bonchev–Trinajstić information content (AvgIpc) is 2.28. The number of hydrogen-bond donors (Lipinski definition) is 1. The molecule has 1 unspecified atom stereocenters. The smallest absolute Gasteiger partial charge is 0.0583 e. The quantitative estimate of drug-likeness (QED) is 0.850. The van der Waals surface area contributed by atoms with Crippen LogP contribution in [-0.2, 0) is 0 Å². The summed E-state index contributed by atoms with van der Waals surface area (Å²) in [4.78, 5) is 0. The molecule has 2 N–H and O–H groups in total. The van der Waals surface area contributed by atoms with Crippen LogP contribution in [0.4, 0.5) is 0 Å². The fourth-order valence-electron chi connectivity index (χ4n) is 2.14. The van der Waals surface area contributed by atoms with Gasteiger partial charge in [-0.25, -0.2) is 0 Å². The molecule has 0 aliphatic carbocycles. The molecule has 0 aliphatic heterocycles. The van der Waals surface area contributed by atoms with Crippen LogP contribution in [0.2, 0.25) is 10.0 Å². The van der Waals surface area contributed by atoms with Gasteiger partial charge in [-0.15, -0.1) is 0 Å². The second-order valence-corrected chi connectivity index (χ2v) is 5.29. The lowest BCUT2D eigenvalue weighted by Crippen LogP contribution is -2.14. The average molecular weight is 280 g/mol. The molecule has 1 nitrogen and oxygen atoms in total. The summed E-state index contributed by atoms with van der Waals surface area (Å²) in [5.74, 6) is 0. The van der Waals surface area contributed by atoms with E-state index in [9.17, 15) is 0 Å². The van der Waals surface area contributed by atoms with Crippen LogP contribution in [0.25, 0.3) is 0 Å². The lowest BCUT2D eigenvalue weighted by molar-refractivity contribution is 0.861. The third-order valence-electron chi connectivity index (χ3n) is 3.07. The molecule has 0 aromatic heterocycles. The van der Waals surface area contributed by atoms with E-state index in [0.717, 1.165) is 16.7 Å². The summed E-state index contributed by atoms with van der Waals surface area (Å²) in [7, 11) is 0. The fraction of sp³-hybridized carbons (Fsp3) is 0.200. The Balaban J connectivity index is 2.51. The van der Waals surface area contributed by atoms with E-state index in [1.54, 1.807) is 0 Å². The molecule has 3 heteroatoms. The lowest BCUT2D eigenvalue weighted by Gasteiger charge is -2.18. The molecule has 2 aromatic rings. The maximum atomic E-state index is 6.30. The Morgan fingerprint density at radius 2 is 1.61 bits per heavy atom. The SMILES string of the molecule is Cc1ccc(C(N)c2c(Cl)cccc2Cl)c(C)c1. The molecule has 2 rings (SSSR count). The van der Waals surface area contributed by atoms with Crippen molar-refractivity contribution in [3.8, 4) is 0 Å². The highest BCUT2D eigenvalue weighted by atomic mass is 35.5. The molecule has 0 amide bonds. The number of halogens is 2. The predicted octanol–water partition coefficient (Wildman–Crippen LogP) is 4.66. The Bertz CT molecular complexity index is 558. The van der Waals surface area contributed by atoms with Crippen molar-refractivity contribution in [1.82, 2.24) is 0 Å². The molecule has 0 spiro atoms. The molecule has 1 atom stereocenters. The van der Waals surface area contributed by atoms with E-state index in [2.05, 4.69) is 13.0 Å². The van der Waals surface area contributed by atoms with Crippen LogP contribution in [0.3, 0.4) is 0 Å². The minimum Gasteiger partial charge on any atom is -0.320 e. The first-order valence-electron chi connectivity index (χ1n) is 5.77. The normalized spacial score (nSPS) is 12.5.